The highest BCUT2D eigenvalue weighted by Crippen LogP contribution is 2.35. The molecule has 21 heavy (non-hydrogen) atoms. The van der Waals surface area contributed by atoms with Gasteiger partial charge in [0.15, 0.2) is 0 Å². The Labute approximate surface area is 120 Å². The van der Waals surface area contributed by atoms with Gasteiger partial charge in [0.2, 0.25) is 11.8 Å². The number of hydrogen-bond donors (Lipinski definition) is 1. The van der Waals surface area contributed by atoms with Crippen LogP contribution in [0.1, 0.15) is 18.1 Å². The number of anilines is 2. The van der Waals surface area contributed by atoms with Gasteiger partial charge >= 0.3 is 6.18 Å². The zero-order chi connectivity index (χ0) is 15.5. The maximum absolute atomic E-state index is 12.7. The number of halogens is 3. The minimum atomic E-state index is -4.55. The molecular formula is C14H14F3N3O. The number of nitrogens with zero attached hydrogens (tertiary/aromatic N) is 2. The minimum Gasteiger partial charge on any atom is -0.480 e. The Balaban J connectivity index is 2.29. The average Bonchev–Trinajstić information content (AvgIpc) is 2.46. The normalized spacial score (nSPS) is 11.3. The van der Waals surface area contributed by atoms with E-state index in [1.165, 1.54) is 0 Å². The second-order valence-corrected chi connectivity index (χ2v) is 4.29. The fourth-order valence-corrected chi connectivity index (χ4v) is 1.77. The molecule has 0 amide bonds. The summed E-state index contributed by atoms with van der Waals surface area (Å²) < 4.78 is 42.8. The molecule has 0 radical (unpaired) electrons. The number of nitrogens with one attached hydrogen (secondary N) is 1. The quantitative estimate of drug-likeness (QED) is 0.932. The molecular weight excluding hydrogens is 283 g/mol. The lowest BCUT2D eigenvalue weighted by Gasteiger charge is -2.12. The minimum absolute atomic E-state index is 0.0492. The number of benzene rings is 1. The number of rotatable bonds is 4. The first-order valence-electron chi connectivity index (χ1n) is 6.28. The van der Waals surface area contributed by atoms with Gasteiger partial charge in [-0.25, -0.2) is 4.98 Å². The maximum Gasteiger partial charge on any atom is 0.423 e. The number of aromatic nitrogens is 2. The lowest BCUT2D eigenvalue weighted by molar-refractivity contribution is -0.139. The van der Waals surface area contributed by atoms with E-state index in [-0.39, 0.29) is 5.95 Å². The van der Waals surface area contributed by atoms with Crippen LogP contribution in [-0.4, -0.2) is 17.1 Å². The van der Waals surface area contributed by atoms with Crippen molar-refractivity contribution in [1.82, 2.24) is 9.97 Å². The smallest absolute Gasteiger partial charge is 0.423 e. The summed E-state index contributed by atoms with van der Waals surface area (Å²) in [5, 5.41) is 2.86. The Morgan fingerprint density at radius 1 is 1.29 bits per heavy atom. The van der Waals surface area contributed by atoms with Crippen LogP contribution >= 0.6 is 0 Å². The molecule has 0 bridgehead atoms. The van der Waals surface area contributed by atoms with Crippen molar-refractivity contribution in [2.75, 3.05) is 12.4 Å². The van der Waals surface area contributed by atoms with Crippen LogP contribution in [0, 0.1) is 0 Å². The SMILES string of the molecule is CCc1cccc(Nc2ncc(C(F)(F)F)c(OC)n2)c1. The Hall–Kier alpha value is -2.31. The van der Waals surface area contributed by atoms with Gasteiger partial charge in [-0.3, -0.25) is 0 Å². The number of ether oxygens (including phenoxy) is 1. The summed E-state index contributed by atoms with van der Waals surface area (Å²) >= 11 is 0. The predicted octanol–water partition coefficient (Wildman–Crippen LogP) is 3.81. The Kier molecular flexibility index (Phi) is 4.30. The van der Waals surface area contributed by atoms with E-state index in [1.54, 1.807) is 6.07 Å². The second kappa shape index (κ2) is 5.99. The standard InChI is InChI=1S/C14H14F3N3O/c1-3-9-5-4-6-10(7-9)19-13-18-8-11(14(15,16)17)12(20-13)21-2/h4-8H,3H2,1-2H3,(H,18,19,20). The maximum atomic E-state index is 12.7. The molecule has 2 rings (SSSR count). The molecule has 2 aromatic rings. The Morgan fingerprint density at radius 2 is 2.05 bits per heavy atom. The molecule has 112 valence electrons. The summed E-state index contributed by atoms with van der Waals surface area (Å²) in [7, 11) is 1.14. The van der Waals surface area contributed by atoms with Gasteiger partial charge in [0.05, 0.1) is 7.11 Å². The van der Waals surface area contributed by atoms with E-state index in [9.17, 15) is 13.2 Å². The predicted molar refractivity (Wildman–Crippen MR) is 72.7 cm³/mol. The summed E-state index contributed by atoms with van der Waals surface area (Å²) in [5.74, 6) is -0.459. The van der Waals surface area contributed by atoms with Gasteiger partial charge in [0.25, 0.3) is 0 Å². The van der Waals surface area contributed by atoms with E-state index in [2.05, 4.69) is 20.0 Å². The molecule has 1 aromatic carbocycles. The molecule has 0 unspecified atom stereocenters. The van der Waals surface area contributed by atoms with Crippen molar-refractivity contribution < 1.29 is 17.9 Å². The third-order valence-corrected chi connectivity index (χ3v) is 2.84. The van der Waals surface area contributed by atoms with Crippen LogP contribution in [0.4, 0.5) is 24.8 Å². The third-order valence-electron chi connectivity index (χ3n) is 2.84. The topological polar surface area (TPSA) is 47.0 Å². The lowest BCUT2D eigenvalue weighted by atomic mass is 10.1. The molecule has 0 aliphatic heterocycles. The Bertz CT molecular complexity index is 629. The number of hydrogen-bond acceptors (Lipinski definition) is 4. The van der Waals surface area contributed by atoms with Crippen molar-refractivity contribution in [2.24, 2.45) is 0 Å². The molecule has 0 saturated carbocycles. The van der Waals surface area contributed by atoms with Crippen molar-refractivity contribution >= 4 is 11.6 Å². The lowest BCUT2D eigenvalue weighted by Crippen LogP contribution is -2.11. The van der Waals surface area contributed by atoms with Gasteiger partial charge in [-0.1, -0.05) is 19.1 Å². The molecule has 1 N–H and O–H groups in total. The van der Waals surface area contributed by atoms with Gasteiger partial charge in [-0.2, -0.15) is 18.2 Å². The molecule has 1 heterocycles. The highest BCUT2D eigenvalue weighted by atomic mass is 19.4. The first kappa shape index (κ1) is 15.1. The first-order valence-corrected chi connectivity index (χ1v) is 6.28. The summed E-state index contributed by atoms with van der Waals surface area (Å²) in [6.45, 7) is 2.01. The highest BCUT2D eigenvalue weighted by molar-refractivity contribution is 5.55. The zero-order valence-corrected chi connectivity index (χ0v) is 11.5. The number of methoxy groups -OCH3 is 1. The molecule has 4 nitrogen and oxygen atoms in total. The van der Waals surface area contributed by atoms with Gasteiger partial charge in [-0.15, -0.1) is 0 Å². The molecule has 0 aliphatic carbocycles. The molecule has 0 spiro atoms. The van der Waals surface area contributed by atoms with Crippen molar-refractivity contribution in [3.63, 3.8) is 0 Å². The zero-order valence-electron chi connectivity index (χ0n) is 11.5. The van der Waals surface area contributed by atoms with Crippen molar-refractivity contribution in [2.45, 2.75) is 19.5 Å². The highest BCUT2D eigenvalue weighted by Gasteiger charge is 2.36. The van der Waals surface area contributed by atoms with Crippen LogP contribution in [0.2, 0.25) is 0 Å². The average molecular weight is 297 g/mol. The second-order valence-electron chi connectivity index (χ2n) is 4.29. The van der Waals surface area contributed by atoms with Crippen molar-refractivity contribution in [3.05, 3.63) is 41.6 Å². The third kappa shape index (κ3) is 3.62. The van der Waals surface area contributed by atoms with Gasteiger partial charge in [0, 0.05) is 11.9 Å². The van der Waals surface area contributed by atoms with Crippen LogP contribution < -0.4 is 10.1 Å². The first-order chi connectivity index (χ1) is 9.94. The number of aryl methyl sites for hydroxylation is 1. The molecule has 0 aliphatic rings. The summed E-state index contributed by atoms with van der Waals surface area (Å²) in [5.41, 5.74) is 0.799. The van der Waals surface area contributed by atoms with Crippen LogP contribution in [0.15, 0.2) is 30.5 Å². The summed E-state index contributed by atoms with van der Waals surface area (Å²) in [6, 6.07) is 7.47. The molecule has 0 saturated heterocycles. The van der Waals surface area contributed by atoms with Gasteiger partial charge in [-0.05, 0) is 24.1 Å². The fourth-order valence-electron chi connectivity index (χ4n) is 1.77. The molecule has 1 aromatic heterocycles. The summed E-state index contributed by atoms with van der Waals surface area (Å²) in [6.07, 6.45) is -2.99. The van der Waals surface area contributed by atoms with E-state index < -0.39 is 17.6 Å². The molecule has 0 atom stereocenters. The van der Waals surface area contributed by atoms with Gasteiger partial charge in [0.1, 0.15) is 5.56 Å². The van der Waals surface area contributed by atoms with Crippen LogP contribution in [-0.2, 0) is 12.6 Å². The Morgan fingerprint density at radius 3 is 2.67 bits per heavy atom. The van der Waals surface area contributed by atoms with E-state index in [4.69, 9.17) is 0 Å². The fraction of sp³-hybridized carbons (Fsp3) is 0.286. The van der Waals surface area contributed by atoms with E-state index in [0.29, 0.717) is 11.9 Å². The van der Waals surface area contributed by atoms with Crippen molar-refractivity contribution in [1.29, 1.82) is 0 Å². The van der Waals surface area contributed by atoms with Crippen LogP contribution in [0.3, 0.4) is 0 Å². The molecule has 0 fully saturated rings. The molecule has 7 heteroatoms. The number of alkyl halides is 3. The van der Waals surface area contributed by atoms with E-state index in [1.807, 2.05) is 25.1 Å². The van der Waals surface area contributed by atoms with Gasteiger partial charge < -0.3 is 10.1 Å². The van der Waals surface area contributed by atoms with E-state index in [0.717, 1.165) is 19.1 Å². The summed E-state index contributed by atoms with van der Waals surface area (Å²) in [4.78, 5) is 7.43. The monoisotopic (exact) mass is 297 g/mol. The van der Waals surface area contributed by atoms with Crippen LogP contribution in [0.5, 0.6) is 5.88 Å². The van der Waals surface area contributed by atoms with E-state index >= 15 is 0 Å². The van der Waals surface area contributed by atoms with Crippen LogP contribution in [0.25, 0.3) is 0 Å². The largest absolute Gasteiger partial charge is 0.480 e. The van der Waals surface area contributed by atoms with Crippen molar-refractivity contribution in [3.8, 4) is 5.88 Å².